The summed E-state index contributed by atoms with van der Waals surface area (Å²) >= 11 is 0. The number of hydrogen-bond donors (Lipinski definition) is 0. The predicted molar refractivity (Wildman–Crippen MR) is 210 cm³/mol. The Bertz CT molecular complexity index is 2750. The van der Waals surface area contributed by atoms with Crippen molar-refractivity contribution < 1.29 is 0 Å². The van der Waals surface area contributed by atoms with Gasteiger partial charge in [-0.25, -0.2) is 4.98 Å². The van der Waals surface area contributed by atoms with Crippen LogP contribution in [0.3, 0.4) is 0 Å². The average molecular weight is 639 g/mol. The molecule has 0 N–H and O–H groups in total. The van der Waals surface area contributed by atoms with Gasteiger partial charge >= 0.3 is 0 Å². The fraction of sp³-hybridized carbons (Fsp3) is 0.0625. The molecule has 236 valence electrons. The van der Waals surface area contributed by atoms with Crippen LogP contribution in [0.2, 0.25) is 0 Å². The first-order valence-corrected chi connectivity index (χ1v) is 17.4. The highest BCUT2D eigenvalue weighted by atomic mass is 15.1. The van der Waals surface area contributed by atoms with E-state index < -0.39 is 0 Å². The molecule has 0 spiro atoms. The molecule has 9 aromatic rings. The zero-order chi connectivity index (χ0) is 33.4. The second-order valence-corrected chi connectivity index (χ2v) is 13.9. The summed E-state index contributed by atoms with van der Waals surface area (Å²) in [7, 11) is 0. The predicted octanol–water partition coefficient (Wildman–Crippen LogP) is 12.6. The van der Waals surface area contributed by atoms with Gasteiger partial charge in [0.05, 0.1) is 11.0 Å². The minimum atomic E-state index is -0.0917. The van der Waals surface area contributed by atoms with Gasteiger partial charge in [-0.1, -0.05) is 147 Å². The Balaban J connectivity index is 1.26. The summed E-state index contributed by atoms with van der Waals surface area (Å²) in [5, 5.41) is 5.10. The molecule has 0 saturated heterocycles. The smallest absolute Gasteiger partial charge is 0.145 e. The van der Waals surface area contributed by atoms with E-state index in [1.165, 1.54) is 66.1 Å². The van der Waals surface area contributed by atoms with Crippen molar-refractivity contribution in [2.75, 3.05) is 0 Å². The Hall–Kier alpha value is -6.25. The van der Waals surface area contributed by atoms with Crippen LogP contribution in [-0.4, -0.2) is 9.55 Å². The number of hydrogen-bond acceptors (Lipinski definition) is 1. The first kappa shape index (κ1) is 28.7. The van der Waals surface area contributed by atoms with E-state index in [9.17, 15) is 0 Å². The molecule has 2 heteroatoms. The van der Waals surface area contributed by atoms with Crippen molar-refractivity contribution in [3.63, 3.8) is 0 Å². The molecule has 0 radical (unpaired) electrons. The van der Waals surface area contributed by atoms with E-state index >= 15 is 0 Å². The van der Waals surface area contributed by atoms with Crippen LogP contribution in [0.15, 0.2) is 170 Å². The van der Waals surface area contributed by atoms with Crippen molar-refractivity contribution in [2.24, 2.45) is 0 Å². The van der Waals surface area contributed by atoms with Gasteiger partial charge in [0.2, 0.25) is 0 Å². The second-order valence-electron chi connectivity index (χ2n) is 13.9. The number of rotatable bonds is 4. The quantitative estimate of drug-likeness (QED) is 0.175. The zero-order valence-corrected chi connectivity index (χ0v) is 28.1. The van der Waals surface area contributed by atoms with E-state index in [4.69, 9.17) is 4.98 Å². The molecule has 1 aliphatic rings. The van der Waals surface area contributed by atoms with Crippen molar-refractivity contribution in [1.82, 2.24) is 9.55 Å². The molecule has 1 heterocycles. The average Bonchev–Trinajstić information content (AvgIpc) is 3.66. The highest BCUT2D eigenvalue weighted by Crippen LogP contribution is 2.53. The molecule has 50 heavy (non-hydrogen) atoms. The Morgan fingerprint density at radius 2 is 1.00 bits per heavy atom. The molecule has 2 nitrogen and oxygen atoms in total. The third-order valence-electron chi connectivity index (χ3n) is 10.8. The monoisotopic (exact) mass is 638 g/mol. The molecule has 10 rings (SSSR count). The first-order valence-electron chi connectivity index (χ1n) is 17.4. The summed E-state index contributed by atoms with van der Waals surface area (Å²) < 4.78 is 2.29. The molecule has 1 aromatic heterocycles. The summed E-state index contributed by atoms with van der Waals surface area (Å²) in [5.74, 6) is 0.944. The third kappa shape index (κ3) is 4.18. The van der Waals surface area contributed by atoms with E-state index in [2.05, 4.69) is 188 Å². The fourth-order valence-corrected chi connectivity index (χ4v) is 8.44. The maximum absolute atomic E-state index is 5.09. The van der Waals surface area contributed by atoms with Crippen molar-refractivity contribution in [3.05, 3.63) is 181 Å². The van der Waals surface area contributed by atoms with Crippen LogP contribution >= 0.6 is 0 Å². The summed E-state index contributed by atoms with van der Waals surface area (Å²) in [5.41, 5.74) is 14.6. The highest BCUT2D eigenvalue weighted by molar-refractivity contribution is 6.22. The van der Waals surface area contributed by atoms with Gasteiger partial charge in [-0.15, -0.1) is 0 Å². The van der Waals surface area contributed by atoms with E-state index in [1.807, 2.05) is 0 Å². The van der Waals surface area contributed by atoms with Crippen LogP contribution in [0.5, 0.6) is 0 Å². The van der Waals surface area contributed by atoms with Crippen LogP contribution in [0.25, 0.3) is 83.0 Å². The minimum absolute atomic E-state index is 0.0917. The van der Waals surface area contributed by atoms with E-state index in [0.717, 1.165) is 28.1 Å². The van der Waals surface area contributed by atoms with Crippen molar-refractivity contribution >= 4 is 32.6 Å². The van der Waals surface area contributed by atoms with Gasteiger partial charge in [0.25, 0.3) is 0 Å². The Kier molecular flexibility index (Phi) is 6.25. The van der Waals surface area contributed by atoms with Crippen LogP contribution in [0, 0.1) is 0 Å². The zero-order valence-electron chi connectivity index (χ0n) is 28.1. The highest BCUT2D eigenvalue weighted by Gasteiger charge is 2.36. The van der Waals surface area contributed by atoms with E-state index in [1.54, 1.807) is 0 Å². The Labute approximate surface area is 291 Å². The minimum Gasteiger partial charge on any atom is -0.292 e. The molecular formula is C48H34N2. The molecular weight excluding hydrogens is 605 g/mol. The lowest BCUT2D eigenvalue weighted by atomic mass is 9.79. The summed E-state index contributed by atoms with van der Waals surface area (Å²) in [4.78, 5) is 5.09. The van der Waals surface area contributed by atoms with Crippen molar-refractivity contribution in [2.45, 2.75) is 19.3 Å². The third-order valence-corrected chi connectivity index (χ3v) is 10.8. The second kappa shape index (κ2) is 10.9. The van der Waals surface area contributed by atoms with Crippen LogP contribution in [-0.2, 0) is 5.41 Å². The van der Waals surface area contributed by atoms with E-state index in [0.29, 0.717) is 0 Å². The van der Waals surface area contributed by atoms with Crippen molar-refractivity contribution in [3.8, 4) is 50.5 Å². The first-order chi connectivity index (χ1) is 24.6. The lowest BCUT2D eigenvalue weighted by Crippen LogP contribution is -2.14. The van der Waals surface area contributed by atoms with Gasteiger partial charge in [0.15, 0.2) is 0 Å². The molecule has 0 atom stereocenters. The molecule has 0 unspecified atom stereocenters. The molecule has 8 aromatic carbocycles. The van der Waals surface area contributed by atoms with Crippen LogP contribution < -0.4 is 0 Å². The van der Waals surface area contributed by atoms with Crippen LogP contribution in [0.4, 0.5) is 0 Å². The van der Waals surface area contributed by atoms with Gasteiger partial charge < -0.3 is 0 Å². The topological polar surface area (TPSA) is 17.8 Å². The fourth-order valence-electron chi connectivity index (χ4n) is 8.44. The number of fused-ring (bicyclic) bond motifs is 6. The Morgan fingerprint density at radius 3 is 1.72 bits per heavy atom. The normalized spacial score (nSPS) is 13.2. The molecule has 0 fully saturated rings. The van der Waals surface area contributed by atoms with Gasteiger partial charge in [0.1, 0.15) is 5.82 Å². The number of imidazole rings is 1. The number of para-hydroxylation sites is 2. The molecule has 0 bridgehead atoms. The lowest BCUT2D eigenvalue weighted by molar-refractivity contribution is 0.661. The molecule has 0 saturated carbocycles. The maximum atomic E-state index is 5.09. The van der Waals surface area contributed by atoms with E-state index in [-0.39, 0.29) is 5.41 Å². The molecule has 0 amide bonds. The largest absolute Gasteiger partial charge is 0.292 e. The maximum Gasteiger partial charge on any atom is 0.145 e. The standard InChI is InChI=1S/C48H34N2/c1-48(2)41-22-12-11-19-35(41)38-29-39-40(30-42(38)48)45(31-15-5-3-6-16-31)36-20-9-10-21-37(36)46(39)32-25-27-34(28-26-32)50-44-24-14-13-23-43(44)49-47(50)33-17-7-4-8-18-33/h3-30H,1-2H3. The number of benzene rings is 8. The number of aromatic nitrogens is 2. The lowest BCUT2D eigenvalue weighted by Gasteiger charge is -2.24. The van der Waals surface area contributed by atoms with Gasteiger partial charge in [0, 0.05) is 16.7 Å². The SMILES string of the molecule is CC1(C)c2ccccc2-c2cc3c(-c4ccc(-n5c(-c6ccccc6)nc6ccccc65)cc4)c4ccccc4c(-c4ccccc4)c3cc21. The Morgan fingerprint density at radius 1 is 0.440 bits per heavy atom. The molecule has 0 aliphatic heterocycles. The van der Waals surface area contributed by atoms with Gasteiger partial charge in [-0.05, 0) is 102 Å². The van der Waals surface area contributed by atoms with Crippen LogP contribution in [0.1, 0.15) is 25.0 Å². The van der Waals surface area contributed by atoms with Crippen molar-refractivity contribution in [1.29, 1.82) is 0 Å². The summed E-state index contributed by atoms with van der Waals surface area (Å²) in [6, 6.07) is 61.8. The van der Waals surface area contributed by atoms with Gasteiger partial charge in [-0.2, -0.15) is 0 Å². The molecule has 1 aliphatic carbocycles. The number of nitrogens with zero attached hydrogens (tertiary/aromatic N) is 2. The van der Waals surface area contributed by atoms with Gasteiger partial charge in [-0.3, -0.25) is 4.57 Å². The summed E-state index contributed by atoms with van der Waals surface area (Å²) in [6.45, 7) is 4.74. The summed E-state index contributed by atoms with van der Waals surface area (Å²) in [6.07, 6.45) is 0.